The van der Waals surface area contributed by atoms with E-state index in [1.54, 1.807) is 0 Å². The third kappa shape index (κ3) is 4.25. The van der Waals surface area contributed by atoms with Crippen molar-refractivity contribution in [3.8, 4) is 5.75 Å². The maximum absolute atomic E-state index is 10.9. The summed E-state index contributed by atoms with van der Waals surface area (Å²) in [6, 6.07) is 8.37. The van der Waals surface area contributed by atoms with E-state index in [4.69, 9.17) is 4.74 Å². The van der Waals surface area contributed by atoms with Gasteiger partial charge in [0.05, 0.1) is 0 Å². The Kier molecular flexibility index (Phi) is 5.57. The normalized spacial score (nSPS) is 30.8. The second-order valence-corrected chi connectivity index (χ2v) is 7.15. The summed E-state index contributed by atoms with van der Waals surface area (Å²) in [7, 11) is 2.18. The van der Waals surface area contributed by atoms with Crippen LogP contribution in [0.25, 0.3) is 0 Å². The van der Waals surface area contributed by atoms with Crippen LogP contribution in [0.5, 0.6) is 5.75 Å². The second kappa shape index (κ2) is 7.65. The first-order chi connectivity index (χ1) is 11.1. The Hall–Kier alpha value is -1.10. The van der Waals surface area contributed by atoms with Gasteiger partial charge < -0.3 is 14.7 Å². The molecule has 4 nitrogen and oxygen atoms in total. The van der Waals surface area contributed by atoms with Gasteiger partial charge in [0.1, 0.15) is 18.0 Å². The molecule has 2 aliphatic rings. The van der Waals surface area contributed by atoms with Crippen molar-refractivity contribution in [1.29, 1.82) is 0 Å². The van der Waals surface area contributed by atoms with Crippen molar-refractivity contribution in [1.82, 2.24) is 9.80 Å². The summed E-state index contributed by atoms with van der Waals surface area (Å²) >= 11 is 0. The van der Waals surface area contributed by atoms with Gasteiger partial charge in [-0.2, -0.15) is 0 Å². The first-order valence-corrected chi connectivity index (χ1v) is 8.97. The van der Waals surface area contributed by atoms with Gasteiger partial charge in [-0.05, 0) is 70.4 Å². The van der Waals surface area contributed by atoms with Gasteiger partial charge >= 0.3 is 0 Å². The van der Waals surface area contributed by atoms with Gasteiger partial charge in [0.2, 0.25) is 0 Å². The highest BCUT2D eigenvalue weighted by Crippen LogP contribution is 2.28. The molecule has 1 aromatic carbocycles. The summed E-state index contributed by atoms with van der Waals surface area (Å²) in [4.78, 5) is 4.87. The van der Waals surface area contributed by atoms with Gasteiger partial charge in [0.15, 0.2) is 0 Å². The number of aliphatic hydroxyl groups excluding tert-OH is 1. The quantitative estimate of drug-likeness (QED) is 0.928. The van der Waals surface area contributed by atoms with Crippen molar-refractivity contribution in [2.24, 2.45) is 0 Å². The first-order valence-electron chi connectivity index (χ1n) is 8.97. The molecule has 3 atom stereocenters. The van der Waals surface area contributed by atoms with Crippen LogP contribution in [0.3, 0.4) is 0 Å². The summed E-state index contributed by atoms with van der Waals surface area (Å²) in [5, 5.41) is 10.9. The van der Waals surface area contributed by atoms with Crippen LogP contribution in [-0.2, 0) is 0 Å². The zero-order valence-electron chi connectivity index (χ0n) is 14.4. The number of ether oxygens (including phenoxy) is 1. The lowest BCUT2D eigenvalue weighted by Crippen LogP contribution is -2.53. The third-order valence-electron chi connectivity index (χ3n) is 5.26. The molecule has 3 rings (SSSR count). The van der Waals surface area contributed by atoms with Crippen molar-refractivity contribution in [2.75, 3.05) is 33.2 Å². The molecular formula is C19H30N2O2. The molecule has 1 saturated carbocycles. The van der Waals surface area contributed by atoms with Crippen molar-refractivity contribution < 1.29 is 9.84 Å². The molecule has 128 valence electrons. The smallest absolute Gasteiger partial charge is 0.126 e. The van der Waals surface area contributed by atoms with Crippen LogP contribution in [0, 0.1) is 6.92 Å². The molecular weight excluding hydrogens is 288 g/mol. The highest BCUT2D eigenvalue weighted by molar-refractivity contribution is 5.27. The number of aryl methyl sites for hydroxylation is 1. The molecule has 0 unspecified atom stereocenters. The molecule has 0 spiro atoms. The monoisotopic (exact) mass is 318 g/mol. The Morgan fingerprint density at radius 1 is 1.09 bits per heavy atom. The van der Waals surface area contributed by atoms with Crippen LogP contribution in [0.15, 0.2) is 24.3 Å². The second-order valence-electron chi connectivity index (χ2n) is 7.15. The molecule has 23 heavy (non-hydrogen) atoms. The Labute approximate surface area is 140 Å². The van der Waals surface area contributed by atoms with E-state index in [1.165, 1.54) is 12.0 Å². The molecule has 1 aromatic rings. The van der Waals surface area contributed by atoms with Crippen molar-refractivity contribution >= 4 is 0 Å². The number of benzene rings is 1. The van der Waals surface area contributed by atoms with E-state index in [1.807, 2.05) is 12.1 Å². The Balaban J connectivity index is 1.64. The fourth-order valence-electron chi connectivity index (χ4n) is 3.91. The average molecular weight is 318 g/mol. The summed E-state index contributed by atoms with van der Waals surface area (Å²) in [6.45, 7) is 6.45. The fourth-order valence-corrected chi connectivity index (χ4v) is 3.91. The van der Waals surface area contributed by atoms with Crippen LogP contribution in [0.4, 0.5) is 0 Å². The largest absolute Gasteiger partial charge is 0.488 e. The minimum absolute atomic E-state index is 0.0865. The molecule has 0 aromatic heterocycles. The van der Waals surface area contributed by atoms with Gasteiger partial charge in [0, 0.05) is 19.1 Å². The standard InChI is InChI=1S/C19H30N2O2/c1-15-6-3-7-16(14-15)23-18-9-4-8-17(19(18)22)21-11-5-10-20(2)12-13-21/h3,6-7,14,17-19,22H,4-5,8-13H2,1-2H3/t17-,18+,19+/m0/s1. The van der Waals surface area contributed by atoms with Crippen molar-refractivity contribution in [3.63, 3.8) is 0 Å². The topological polar surface area (TPSA) is 35.9 Å². The Morgan fingerprint density at radius 3 is 2.78 bits per heavy atom. The predicted molar refractivity (Wildman–Crippen MR) is 92.9 cm³/mol. The maximum Gasteiger partial charge on any atom is 0.126 e. The zero-order valence-corrected chi connectivity index (χ0v) is 14.4. The van der Waals surface area contributed by atoms with E-state index < -0.39 is 6.10 Å². The minimum atomic E-state index is -0.396. The maximum atomic E-state index is 10.9. The number of hydrogen-bond acceptors (Lipinski definition) is 4. The highest BCUT2D eigenvalue weighted by Gasteiger charge is 2.37. The summed E-state index contributed by atoms with van der Waals surface area (Å²) in [5.41, 5.74) is 1.19. The van der Waals surface area contributed by atoms with Crippen molar-refractivity contribution in [3.05, 3.63) is 29.8 Å². The van der Waals surface area contributed by atoms with Gasteiger partial charge in [-0.25, -0.2) is 0 Å². The van der Waals surface area contributed by atoms with Gasteiger partial charge in [-0.3, -0.25) is 4.90 Å². The molecule has 0 bridgehead atoms. The molecule has 1 aliphatic heterocycles. The van der Waals surface area contributed by atoms with E-state index in [-0.39, 0.29) is 12.1 Å². The molecule has 2 fully saturated rings. The Bertz CT molecular complexity index is 508. The van der Waals surface area contributed by atoms with Gasteiger partial charge in [-0.1, -0.05) is 12.1 Å². The predicted octanol–water partition coefficient (Wildman–Crippen LogP) is 2.29. The molecule has 1 aliphatic carbocycles. The van der Waals surface area contributed by atoms with Crippen LogP contribution >= 0.6 is 0 Å². The first kappa shape index (κ1) is 16.7. The number of aliphatic hydroxyl groups is 1. The van der Waals surface area contributed by atoms with E-state index in [9.17, 15) is 5.11 Å². The van der Waals surface area contributed by atoms with Gasteiger partial charge in [0.25, 0.3) is 0 Å². The molecule has 0 radical (unpaired) electrons. The number of nitrogens with zero attached hydrogens (tertiary/aromatic N) is 2. The number of likely N-dealkylation sites (N-methyl/N-ethyl adjacent to an activating group) is 1. The molecule has 1 saturated heterocycles. The van der Waals surface area contributed by atoms with Crippen LogP contribution < -0.4 is 4.74 Å². The molecule has 1 N–H and O–H groups in total. The van der Waals surface area contributed by atoms with Crippen LogP contribution in [-0.4, -0.2) is 66.4 Å². The van der Waals surface area contributed by atoms with E-state index in [0.29, 0.717) is 0 Å². The molecule has 4 heteroatoms. The molecule has 1 heterocycles. The lowest BCUT2D eigenvalue weighted by Gasteiger charge is -2.41. The summed E-state index contributed by atoms with van der Waals surface area (Å²) < 4.78 is 6.13. The lowest BCUT2D eigenvalue weighted by atomic mass is 9.88. The average Bonchev–Trinajstić information content (AvgIpc) is 2.74. The lowest BCUT2D eigenvalue weighted by molar-refractivity contribution is -0.0524. The third-order valence-corrected chi connectivity index (χ3v) is 5.26. The number of hydrogen-bond donors (Lipinski definition) is 1. The van der Waals surface area contributed by atoms with Crippen molar-refractivity contribution in [2.45, 2.75) is 50.9 Å². The zero-order chi connectivity index (χ0) is 16.2. The van der Waals surface area contributed by atoms with Crippen LogP contribution in [0.2, 0.25) is 0 Å². The SMILES string of the molecule is Cc1cccc(O[C@@H]2CCC[C@H](N3CCCN(C)CC3)[C@H]2O)c1. The van der Waals surface area contributed by atoms with E-state index in [0.717, 1.165) is 51.2 Å². The van der Waals surface area contributed by atoms with E-state index in [2.05, 4.69) is 35.9 Å². The Morgan fingerprint density at radius 2 is 1.96 bits per heavy atom. The minimum Gasteiger partial charge on any atom is -0.488 e. The molecule has 0 amide bonds. The van der Waals surface area contributed by atoms with Gasteiger partial charge in [-0.15, -0.1) is 0 Å². The summed E-state index contributed by atoms with van der Waals surface area (Å²) in [5.74, 6) is 0.880. The summed E-state index contributed by atoms with van der Waals surface area (Å²) in [6.07, 6.45) is 3.86. The van der Waals surface area contributed by atoms with Crippen LogP contribution in [0.1, 0.15) is 31.2 Å². The fraction of sp³-hybridized carbons (Fsp3) is 0.684. The van der Waals surface area contributed by atoms with E-state index >= 15 is 0 Å². The number of rotatable bonds is 3. The highest BCUT2D eigenvalue weighted by atomic mass is 16.5.